The molecule has 2 atom stereocenters. The van der Waals surface area contributed by atoms with Crippen LogP contribution in [0.1, 0.15) is 174 Å². The van der Waals surface area contributed by atoms with Crippen molar-refractivity contribution < 1.29 is 37.3 Å². The lowest BCUT2D eigenvalue weighted by atomic mass is 10.0. The number of phosphoric ester groups is 1. The molecule has 2 unspecified atom stereocenters. The number of hydrogen-bond acceptors (Lipinski definition) is 7. The number of allylic oxidation sites excluding steroid dienone is 9. The summed E-state index contributed by atoms with van der Waals surface area (Å²) in [7, 11) is 1.30. The monoisotopic (exact) mass is 794 g/mol. The van der Waals surface area contributed by atoms with Crippen molar-refractivity contribution in [3.8, 4) is 0 Å². The summed E-state index contributed by atoms with van der Waals surface area (Å²) in [6.07, 6.45) is 48.9. The van der Waals surface area contributed by atoms with E-state index >= 15 is 0 Å². The van der Waals surface area contributed by atoms with Gasteiger partial charge in [-0.3, -0.25) is 9.36 Å². The van der Waals surface area contributed by atoms with Crippen molar-refractivity contribution in [2.45, 2.75) is 180 Å². The van der Waals surface area contributed by atoms with Crippen molar-refractivity contribution in [2.24, 2.45) is 0 Å². The number of phosphoric acid groups is 1. The Balaban J connectivity index is 4.37. The van der Waals surface area contributed by atoms with E-state index in [-0.39, 0.29) is 32.2 Å². The molecule has 0 fully saturated rings. The molecule has 0 heterocycles. The molecule has 0 spiro atoms. The molecule has 0 aromatic rings. The van der Waals surface area contributed by atoms with Gasteiger partial charge in [0.2, 0.25) is 0 Å². The third-order valence-corrected chi connectivity index (χ3v) is 10.1. The van der Waals surface area contributed by atoms with Crippen LogP contribution in [0.5, 0.6) is 0 Å². The van der Waals surface area contributed by atoms with E-state index in [2.05, 4.69) is 62.5 Å². The Morgan fingerprint density at radius 2 is 1.02 bits per heavy atom. The first-order valence-corrected chi connectivity index (χ1v) is 23.5. The third-order valence-electron chi connectivity index (χ3n) is 9.14. The number of ether oxygens (including phenoxy) is 2. The molecule has 8 nitrogen and oxygen atoms in total. The molecule has 9 heteroatoms. The number of carbonyl (C=O) groups is 1. The van der Waals surface area contributed by atoms with Gasteiger partial charge in [0.25, 0.3) is 7.82 Å². The average molecular weight is 794 g/mol. The van der Waals surface area contributed by atoms with E-state index in [9.17, 15) is 14.3 Å². The number of esters is 1. The minimum Gasteiger partial charge on any atom is -0.756 e. The summed E-state index contributed by atoms with van der Waals surface area (Å²) in [5, 5.41) is 0. The van der Waals surface area contributed by atoms with Gasteiger partial charge in [0, 0.05) is 6.42 Å². The summed E-state index contributed by atoms with van der Waals surface area (Å²) >= 11 is 0. The zero-order chi connectivity index (χ0) is 40.6. The molecule has 0 aliphatic carbocycles. The first kappa shape index (κ1) is 53.0. The maximum Gasteiger partial charge on any atom is 0.306 e. The highest BCUT2D eigenvalue weighted by Crippen LogP contribution is 2.38. The molecule has 0 radical (unpaired) electrons. The maximum atomic E-state index is 12.7. The number of unbranched alkanes of at least 4 members (excludes halogenated alkanes) is 18. The van der Waals surface area contributed by atoms with Crippen LogP contribution in [0.3, 0.4) is 0 Å². The second-order valence-corrected chi connectivity index (χ2v) is 17.2. The second-order valence-electron chi connectivity index (χ2n) is 15.8. The molecule has 0 saturated heterocycles. The average Bonchev–Trinajstić information content (AvgIpc) is 3.13. The van der Waals surface area contributed by atoms with Crippen LogP contribution in [-0.2, 0) is 27.9 Å². The van der Waals surface area contributed by atoms with E-state index in [0.717, 1.165) is 51.4 Å². The first-order valence-electron chi connectivity index (χ1n) is 22.1. The van der Waals surface area contributed by atoms with E-state index in [4.69, 9.17) is 18.5 Å². The van der Waals surface area contributed by atoms with E-state index < -0.39 is 13.9 Å². The molecule has 0 aliphatic heterocycles. The number of hydrogen-bond donors (Lipinski definition) is 0. The third kappa shape index (κ3) is 43.0. The molecule has 0 aromatic carbocycles. The Morgan fingerprint density at radius 3 is 1.55 bits per heavy atom. The maximum absolute atomic E-state index is 12.7. The number of nitrogens with zero attached hydrogens (tertiary/aromatic N) is 1. The topological polar surface area (TPSA) is 94.1 Å². The largest absolute Gasteiger partial charge is 0.756 e. The molecular weight excluding hydrogens is 709 g/mol. The Bertz CT molecular complexity index is 1060. The zero-order valence-corrected chi connectivity index (χ0v) is 37.0. The fourth-order valence-corrected chi connectivity index (χ4v) is 6.40. The quantitative estimate of drug-likeness (QED) is 0.0152. The molecule has 0 N–H and O–H groups in total. The van der Waals surface area contributed by atoms with Gasteiger partial charge in [0.05, 0.1) is 34.0 Å². The number of likely N-dealkylation sites (N-methyl/N-ethyl adjacent to an activating group) is 1. The van der Waals surface area contributed by atoms with Crippen LogP contribution in [0, 0.1) is 0 Å². The van der Waals surface area contributed by atoms with Gasteiger partial charge in [-0.25, -0.2) is 0 Å². The van der Waals surface area contributed by atoms with Crippen molar-refractivity contribution in [1.29, 1.82) is 0 Å². The molecule has 55 heavy (non-hydrogen) atoms. The van der Waals surface area contributed by atoms with Gasteiger partial charge >= 0.3 is 5.97 Å². The van der Waals surface area contributed by atoms with Gasteiger partial charge < -0.3 is 27.9 Å². The number of quaternary nitrogens is 1. The minimum atomic E-state index is -4.55. The van der Waals surface area contributed by atoms with Gasteiger partial charge in [0.1, 0.15) is 19.8 Å². The molecule has 0 saturated carbocycles. The van der Waals surface area contributed by atoms with Crippen LogP contribution >= 0.6 is 7.82 Å². The van der Waals surface area contributed by atoms with Crippen LogP contribution in [0.15, 0.2) is 60.9 Å². The van der Waals surface area contributed by atoms with Crippen molar-refractivity contribution in [3.63, 3.8) is 0 Å². The fraction of sp³-hybridized carbons (Fsp3) is 0.761. The van der Waals surface area contributed by atoms with Crippen LogP contribution < -0.4 is 4.89 Å². The molecule has 320 valence electrons. The first-order chi connectivity index (χ1) is 26.6. The lowest BCUT2D eigenvalue weighted by Gasteiger charge is -2.28. The summed E-state index contributed by atoms with van der Waals surface area (Å²) in [4.78, 5) is 25.0. The molecule has 0 aliphatic rings. The van der Waals surface area contributed by atoms with Crippen molar-refractivity contribution in [1.82, 2.24) is 0 Å². The SMILES string of the molecule is CCCCC/C=C\C/C=C\C/C=C\C/C=C\CCCCCC(=O)OC(CO/C=C\CCCCCCCCCCCCCC)COP(=O)([O-])OCC[N+](C)(C)C. The molecule has 0 amide bonds. The Hall–Kier alpha value is -1.96. The zero-order valence-electron chi connectivity index (χ0n) is 36.1. The van der Waals surface area contributed by atoms with E-state index in [1.165, 1.54) is 96.3 Å². The van der Waals surface area contributed by atoms with E-state index in [0.29, 0.717) is 17.4 Å². The molecule has 0 bridgehead atoms. The van der Waals surface area contributed by atoms with Gasteiger partial charge in [-0.2, -0.15) is 0 Å². The number of rotatable bonds is 40. The van der Waals surface area contributed by atoms with Crippen LogP contribution in [-0.4, -0.2) is 64.1 Å². The Kier molecular flexibility index (Phi) is 37.5. The van der Waals surface area contributed by atoms with Gasteiger partial charge in [-0.1, -0.05) is 152 Å². The fourth-order valence-electron chi connectivity index (χ4n) is 5.67. The normalized spacial score (nSPS) is 14.3. The molecular formula is C46H84NO7P. The van der Waals surface area contributed by atoms with Gasteiger partial charge in [0.15, 0.2) is 6.10 Å². The van der Waals surface area contributed by atoms with Crippen molar-refractivity contribution in [3.05, 3.63) is 60.9 Å². The molecule has 0 aromatic heterocycles. The van der Waals surface area contributed by atoms with E-state index in [1.54, 1.807) is 6.26 Å². The van der Waals surface area contributed by atoms with Crippen molar-refractivity contribution in [2.75, 3.05) is 47.5 Å². The summed E-state index contributed by atoms with van der Waals surface area (Å²) in [6.45, 7) is 4.66. The second kappa shape index (κ2) is 38.9. The lowest BCUT2D eigenvalue weighted by molar-refractivity contribution is -0.870. The smallest absolute Gasteiger partial charge is 0.306 e. The van der Waals surface area contributed by atoms with Crippen LogP contribution in [0.25, 0.3) is 0 Å². The van der Waals surface area contributed by atoms with Gasteiger partial charge in [-0.05, 0) is 70.3 Å². The summed E-state index contributed by atoms with van der Waals surface area (Å²) in [5.74, 6) is -0.387. The summed E-state index contributed by atoms with van der Waals surface area (Å²) < 4.78 is 34.3. The van der Waals surface area contributed by atoms with Crippen molar-refractivity contribution >= 4 is 13.8 Å². The number of carbonyl (C=O) groups excluding carboxylic acids is 1. The predicted molar refractivity (Wildman–Crippen MR) is 231 cm³/mol. The van der Waals surface area contributed by atoms with Crippen LogP contribution in [0.2, 0.25) is 0 Å². The summed E-state index contributed by atoms with van der Waals surface area (Å²) in [5.41, 5.74) is 0. The highest BCUT2D eigenvalue weighted by molar-refractivity contribution is 7.45. The minimum absolute atomic E-state index is 0.00559. The highest BCUT2D eigenvalue weighted by Gasteiger charge is 2.20. The summed E-state index contributed by atoms with van der Waals surface area (Å²) in [6, 6.07) is 0. The lowest BCUT2D eigenvalue weighted by Crippen LogP contribution is -2.37. The Morgan fingerprint density at radius 1 is 0.582 bits per heavy atom. The Labute approximate surface area is 339 Å². The standard InChI is InChI=1S/C46H84NO7P/c1-6-8-10-12-14-16-18-20-22-23-24-25-26-27-29-31-33-35-37-39-46(48)54-45(44-53-55(49,50)52-42-40-47(3,4)5)43-51-41-38-36-34-32-30-28-21-19-17-15-13-11-9-7-2/h14,16,20,22,24-25,27,29,38,41,45H,6-13,15,17-19,21,23,26,28,30-37,39-40,42-44H2,1-5H3/b16-14-,22-20-,25-24-,29-27-,41-38-. The van der Waals surface area contributed by atoms with E-state index in [1.807, 2.05) is 27.2 Å². The van der Waals surface area contributed by atoms with Crippen LogP contribution in [0.4, 0.5) is 0 Å². The molecule has 0 rings (SSSR count). The highest BCUT2D eigenvalue weighted by atomic mass is 31.2. The predicted octanol–water partition coefficient (Wildman–Crippen LogP) is 12.7. The van der Waals surface area contributed by atoms with Gasteiger partial charge in [-0.15, -0.1) is 0 Å².